The first-order valence-corrected chi connectivity index (χ1v) is 12.3. The molecule has 0 unspecified atom stereocenters. The van der Waals surface area contributed by atoms with Gasteiger partial charge in [-0.1, -0.05) is 18.2 Å². The molecule has 6 nitrogen and oxygen atoms in total. The van der Waals surface area contributed by atoms with Crippen molar-refractivity contribution in [1.82, 2.24) is 0 Å². The molecule has 0 bridgehead atoms. The molecule has 2 aliphatic rings. The van der Waals surface area contributed by atoms with Gasteiger partial charge in [0.05, 0.1) is 24.4 Å². The molecule has 1 aromatic rings. The number of carbonyl (C=O) groups excluding carboxylic acids is 1. The SMILES string of the molecule is CC(C)OC(=O)CCC[C@H]1CC[C@@H]2[C@@H](CC[C@@H](O)COc3ccccc3)[C@H](O)C[C@@H]2OC1. The second-order valence-electron chi connectivity index (χ2n) is 9.73. The van der Waals surface area contributed by atoms with Crippen LogP contribution in [0.4, 0.5) is 0 Å². The van der Waals surface area contributed by atoms with Gasteiger partial charge in [0.25, 0.3) is 0 Å². The van der Waals surface area contributed by atoms with Crippen LogP contribution in [0.25, 0.3) is 0 Å². The number of ether oxygens (including phenoxy) is 3. The van der Waals surface area contributed by atoms with Gasteiger partial charge in [-0.05, 0) is 82.3 Å². The van der Waals surface area contributed by atoms with Crippen molar-refractivity contribution < 1.29 is 29.2 Å². The minimum absolute atomic E-state index is 0.0603. The summed E-state index contributed by atoms with van der Waals surface area (Å²) in [5.41, 5.74) is 0. The van der Waals surface area contributed by atoms with Gasteiger partial charge in [0.15, 0.2) is 0 Å². The maximum absolute atomic E-state index is 11.7. The van der Waals surface area contributed by atoms with E-state index in [0.29, 0.717) is 37.7 Å². The molecule has 0 amide bonds. The fourth-order valence-electron chi connectivity index (χ4n) is 5.18. The number of hydrogen-bond donors (Lipinski definition) is 2. The van der Waals surface area contributed by atoms with Crippen molar-refractivity contribution in [3.63, 3.8) is 0 Å². The zero-order chi connectivity index (χ0) is 22.9. The van der Waals surface area contributed by atoms with Crippen LogP contribution in [0.1, 0.15) is 65.2 Å². The first kappa shape index (κ1) is 25.0. The van der Waals surface area contributed by atoms with Crippen molar-refractivity contribution >= 4 is 5.97 Å². The molecular weight excluding hydrogens is 408 g/mol. The summed E-state index contributed by atoms with van der Waals surface area (Å²) < 4.78 is 17.1. The fraction of sp³-hybridized carbons (Fsp3) is 0.731. The van der Waals surface area contributed by atoms with Crippen LogP contribution in [0.3, 0.4) is 0 Å². The number of esters is 1. The quantitative estimate of drug-likeness (QED) is 0.496. The molecule has 0 spiro atoms. The predicted octanol–water partition coefficient (Wildman–Crippen LogP) is 4.12. The number of fused-ring (bicyclic) bond motifs is 1. The highest BCUT2D eigenvalue weighted by Crippen LogP contribution is 2.43. The van der Waals surface area contributed by atoms with Crippen molar-refractivity contribution in [3.8, 4) is 5.75 Å². The first-order valence-electron chi connectivity index (χ1n) is 12.3. The normalized spacial score (nSPS) is 28.7. The Hall–Kier alpha value is -1.63. The van der Waals surface area contributed by atoms with E-state index < -0.39 is 6.10 Å². The summed E-state index contributed by atoms with van der Waals surface area (Å²) in [7, 11) is 0. The van der Waals surface area contributed by atoms with E-state index >= 15 is 0 Å². The van der Waals surface area contributed by atoms with Crippen LogP contribution in [0.5, 0.6) is 5.75 Å². The molecular formula is C26H40O6. The number of hydrogen-bond acceptors (Lipinski definition) is 6. The Morgan fingerprint density at radius 3 is 2.72 bits per heavy atom. The molecule has 1 aromatic carbocycles. The highest BCUT2D eigenvalue weighted by atomic mass is 16.5. The number of rotatable bonds is 11. The lowest BCUT2D eigenvalue weighted by Crippen LogP contribution is -2.25. The Labute approximate surface area is 192 Å². The zero-order valence-electron chi connectivity index (χ0n) is 19.5. The largest absolute Gasteiger partial charge is 0.491 e. The van der Waals surface area contributed by atoms with E-state index in [0.717, 1.165) is 37.9 Å². The molecule has 1 aliphatic heterocycles. The maximum Gasteiger partial charge on any atom is 0.306 e. The average Bonchev–Trinajstić information content (AvgIpc) is 2.92. The number of aliphatic hydroxyl groups excluding tert-OH is 2. The van der Waals surface area contributed by atoms with Crippen LogP contribution in [-0.4, -0.2) is 53.8 Å². The van der Waals surface area contributed by atoms with Gasteiger partial charge in [-0.15, -0.1) is 0 Å². The topological polar surface area (TPSA) is 85.2 Å². The van der Waals surface area contributed by atoms with E-state index in [1.165, 1.54) is 0 Å². The number of benzene rings is 1. The van der Waals surface area contributed by atoms with Gasteiger partial charge in [0.1, 0.15) is 12.4 Å². The van der Waals surface area contributed by atoms with Gasteiger partial charge in [-0.2, -0.15) is 0 Å². The van der Waals surface area contributed by atoms with Crippen molar-refractivity contribution in [1.29, 1.82) is 0 Å². The molecule has 0 aromatic heterocycles. The summed E-state index contributed by atoms with van der Waals surface area (Å²) in [4.78, 5) is 11.7. The molecule has 0 radical (unpaired) electrons. The summed E-state index contributed by atoms with van der Waals surface area (Å²) in [5.74, 6) is 1.59. The summed E-state index contributed by atoms with van der Waals surface area (Å²) in [5, 5.41) is 21.0. The van der Waals surface area contributed by atoms with Gasteiger partial charge in [-0.3, -0.25) is 4.79 Å². The molecule has 180 valence electrons. The monoisotopic (exact) mass is 448 g/mol. The van der Waals surface area contributed by atoms with Crippen LogP contribution < -0.4 is 4.74 Å². The van der Waals surface area contributed by atoms with E-state index in [-0.39, 0.29) is 36.8 Å². The van der Waals surface area contributed by atoms with Crippen LogP contribution in [-0.2, 0) is 14.3 Å². The Balaban J connectivity index is 1.39. The average molecular weight is 449 g/mol. The van der Waals surface area contributed by atoms with Gasteiger partial charge >= 0.3 is 5.97 Å². The lowest BCUT2D eigenvalue weighted by atomic mass is 9.84. The highest BCUT2D eigenvalue weighted by Gasteiger charge is 2.44. The lowest BCUT2D eigenvalue weighted by molar-refractivity contribution is -0.147. The van der Waals surface area contributed by atoms with E-state index in [1.807, 2.05) is 44.2 Å². The van der Waals surface area contributed by atoms with E-state index in [9.17, 15) is 15.0 Å². The molecule has 1 saturated carbocycles. The third-order valence-electron chi connectivity index (χ3n) is 6.83. The van der Waals surface area contributed by atoms with E-state index in [4.69, 9.17) is 14.2 Å². The lowest BCUT2D eigenvalue weighted by Gasteiger charge is -2.24. The minimum Gasteiger partial charge on any atom is -0.491 e. The summed E-state index contributed by atoms with van der Waals surface area (Å²) in [6.45, 7) is 4.71. The second-order valence-corrected chi connectivity index (χ2v) is 9.73. The Kier molecular flexibility index (Phi) is 9.82. The van der Waals surface area contributed by atoms with Gasteiger partial charge in [-0.25, -0.2) is 0 Å². The smallest absolute Gasteiger partial charge is 0.306 e. The third kappa shape index (κ3) is 7.75. The molecule has 3 rings (SSSR count). The Morgan fingerprint density at radius 2 is 1.97 bits per heavy atom. The number of para-hydroxylation sites is 1. The van der Waals surface area contributed by atoms with Crippen LogP contribution >= 0.6 is 0 Å². The first-order chi connectivity index (χ1) is 15.4. The van der Waals surface area contributed by atoms with Gasteiger partial charge in [0.2, 0.25) is 0 Å². The maximum atomic E-state index is 11.7. The Morgan fingerprint density at radius 1 is 1.19 bits per heavy atom. The highest BCUT2D eigenvalue weighted by molar-refractivity contribution is 5.69. The molecule has 1 saturated heterocycles. The predicted molar refractivity (Wildman–Crippen MR) is 122 cm³/mol. The minimum atomic E-state index is -0.550. The van der Waals surface area contributed by atoms with Crippen molar-refractivity contribution in [2.75, 3.05) is 13.2 Å². The van der Waals surface area contributed by atoms with E-state index in [1.54, 1.807) is 0 Å². The molecule has 2 N–H and O–H groups in total. The second kappa shape index (κ2) is 12.6. The summed E-state index contributed by atoms with van der Waals surface area (Å²) >= 11 is 0. The molecule has 6 atom stereocenters. The third-order valence-corrected chi connectivity index (χ3v) is 6.83. The molecule has 1 heterocycles. The van der Waals surface area contributed by atoms with Gasteiger partial charge < -0.3 is 24.4 Å². The standard InChI is InChI=1S/C26H40O6/c1-18(2)32-26(29)10-6-7-19-11-13-23-22(24(28)15-25(23)31-16-19)14-12-20(27)17-30-21-8-4-3-5-9-21/h3-5,8-9,18-20,22-25,27-28H,6-7,10-17H2,1-2H3/t19-,20+,22+,23+,24+,25-/m0/s1. The van der Waals surface area contributed by atoms with Crippen molar-refractivity contribution in [3.05, 3.63) is 30.3 Å². The molecule has 1 aliphatic carbocycles. The molecule has 32 heavy (non-hydrogen) atoms. The molecule has 2 fully saturated rings. The molecule has 6 heteroatoms. The van der Waals surface area contributed by atoms with Crippen LogP contribution in [0.15, 0.2) is 30.3 Å². The van der Waals surface area contributed by atoms with Crippen LogP contribution in [0, 0.1) is 17.8 Å². The number of carbonyl (C=O) groups is 1. The summed E-state index contributed by atoms with van der Waals surface area (Å²) in [6.07, 6.45) is 5.54. The summed E-state index contributed by atoms with van der Waals surface area (Å²) in [6, 6.07) is 9.51. The number of aliphatic hydroxyl groups is 2. The van der Waals surface area contributed by atoms with Crippen molar-refractivity contribution in [2.24, 2.45) is 17.8 Å². The van der Waals surface area contributed by atoms with Crippen LogP contribution in [0.2, 0.25) is 0 Å². The Bertz CT molecular complexity index is 678. The fourth-order valence-corrected chi connectivity index (χ4v) is 5.18. The van der Waals surface area contributed by atoms with Crippen molar-refractivity contribution in [2.45, 2.75) is 89.6 Å². The zero-order valence-corrected chi connectivity index (χ0v) is 19.5. The van der Waals surface area contributed by atoms with E-state index in [2.05, 4.69) is 0 Å². The van der Waals surface area contributed by atoms with Gasteiger partial charge in [0, 0.05) is 19.4 Å².